The first-order valence-corrected chi connectivity index (χ1v) is 16.5. The zero-order valence-corrected chi connectivity index (χ0v) is 26.7. The minimum Gasteiger partial charge on any atom is -0.456 e. The van der Waals surface area contributed by atoms with E-state index in [-0.39, 0.29) is 54.8 Å². The molecule has 0 aliphatic carbocycles. The molecule has 50 heavy (non-hydrogen) atoms. The number of aromatic nitrogens is 3. The molecule has 0 aliphatic rings. The molecule has 10 aromatic rings. The molecule has 4 nitrogen and oxygen atoms in total. The third kappa shape index (κ3) is 4.95. The average Bonchev–Trinajstić information content (AvgIpc) is 3.87. The van der Waals surface area contributed by atoms with Gasteiger partial charge in [-0.25, -0.2) is 15.0 Å². The highest BCUT2D eigenvalue weighted by atomic mass is 32.1. The van der Waals surface area contributed by atoms with Crippen LogP contribution in [0.15, 0.2) is 168 Å². The number of nitrogens with zero attached hydrogens (tertiary/aromatic N) is 3. The molecule has 234 valence electrons. The second kappa shape index (κ2) is 11.6. The summed E-state index contributed by atoms with van der Waals surface area (Å²) in [6.45, 7) is 0. The van der Waals surface area contributed by atoms with E-state index in [2.05, 4.69) is 0 Å². The fourth-order valence-electron chi connectivity index (χ4n) is 6.03. The lowest BCUT2D eigenvalue weighted by Gasteiger charge is -2.10. The average molecular weight is 669 g/mol. The highest BCUT2D eigenvalue weighted by molar-refractivity contribution is 7.25. The number of thiophene rings is 1. The number of benzene rings is 7. The van der Waals surface area contributed by atoms with Gasteiger partial charge in [-0.2, -0.15) is 0 Å². The molecule has 0 aliphatic heterocycles. The zero-order valence-electron chi connectivity index (χ0n) is 36.9. The quantitative estimate of drug-likeness (QED) is 0.183. The van der Waals surface area contributed by atoms with Crippen molar-refractivity contribution < 1.29 is 19.5 Å². The molecule has 0 radical (unpaired) electrons. The van der Waals surface area contributed by atoms with Gasteiger partial charge in [0.05, 0.1) is 15.1 Å². The largest absolute Gasteiger partial charge is 0.456 e. The monoisotopic (exact) mass is 668 g/mol. The lowest BCUT2D eigenvalue weighted by atomic mass is 10.0. The predicted molar refractivity (Wildman–Crippen MR) is 207 cm³/mol. The number of furan rings is 1. The highest BCUT2D eigenvalue weighted by Gasteiger charge is 2.15. The SMILES string of the molecule is [2H]c1c([2H])c(-c2c([2H])c([2H])c3sc4c([2H])c([2H])c([2H])c([2H])c4c3c2[2H])c([2H])c([2H])c1-c1nc(-c2ccc(-c3ccccc3)cc2)nc(-c2ccc3c(c2)oc2ccccc23)n1. The van der Waals surface area contributed by atoms with Crippen LogP contribution >= 0.6 is 11.3 Å². The van der Waals surface area contributed by atoms with Gasteiger partial charge in [0.25, 0.3) is 0 Å². The van der Waals surface area contributed by atoms with Crippen LogP contribution in [0.1, 0.15) is 15.1 Å². The predicted octanol–water partition coefficient (Wildman–Crippen LogP) is 12.5. The van der Waals surface area contributed by atoms with E-state index in [9.17, 15) is 6.85 Å². The fourth-order valence-corrected chi connectivity index (χ4v) is 6.95. The Morgan fingerprint density at radius 1 is 0.420 bits per heavy atom. The summed E-state index contributed by atoms with van der Waals surface area (Å²) in [7, 11) is 0. The molecular weight excluding hydrogens is 631 g/mol. The summed E-state index contributed by atoms with van der Waals surface area (Å²) in [5.41, 5.74) is 3.35. The molecule has 0 N–H and O–H groups in total. The van der Waals surface area contributed by atoms with E-state index in [1.165, 1.54) is 0 Å². The number of hydrogen-bond donors (Lipinski definition) is 0. The van der Waals surface area contributed by atoms with Gasteiger partial charge in [0.2, 0.25) is 0 Å². The number of hydrogen-bond acceptors (Lipinski definition) is 5. The standard InChI is InChI=1S/C45H27N3OS/c1-2-8-28(9-3-1)29-14-18-31(19-15-29)43-46-44(48-45(47-43)34-22-24-36-35-10-4-6-12-39(35)49-40(36)27-34)32-20-16-30(17-21-32)33-23-25-42-38(26-33)37-11-5-7-13-41(37)50-42/h1-27H/i5D,7D,11D,13D,16D,17D,20D,21D,23D,25D,26D. The maximum atomic E-state index is 9.30. The molecule has 0 bridgehead atoms. The van der Waals surface area contributed by atoms with Crippen molar-refractivity contribution in [3.8, 4) is 56.4 Å². The summed E-state index contributed by atoms with van der Waals surface area (Å²) >= 11 is 0.864. The van der Waals surface area contributed by atoms with Crippen molar-refractivity contribution in [1.82, 2.24) is 15.0 Å². The Hall–Kier alpha value is -6.43. The minimum absolute atomic E-state index is 0.0134. The van der Waals surface area contributed by atoms with Crippen LogP contribution in [-0.2, 0) is 0 Å². The number of rotatable bonds is 5. The Morgan fingerprint density at radius 2 is 1.02 bits per heavy atom. The van der Waals surface area contributed by atoms with E-state index in [0.29, 0.717) is 22.3 Å². The van der Waals surface area contributed by atoms with E-state index in [1.807, 2.05) is 91.0 Å². The van der Waals surface area contributed by atoms with Gasteiger partial charge in [0.1, 0.15) is 11.2 Å². The first kappa shape index (κ1) is 19.5. The van der Waals surface area contributed by atoms with Gasteiger partial charge in [-0.05, 0) is 58.6 Å². The third-order valence-corrected chi connectivity index (χ3v) is 9.53. The Bertz CT molecular complexity index is 3470. The van der Waals surface area contributed by atoms with E-state index >= 15 is 0 Å². The first-order chi connectivity index (χ1) is 29.3. The molecule has 0 amide bonds. The number of para-hydroxylation sites is 1. The van der Waals surface area contributed by atoms with Crippen LogP contribution < -0.4 is 0 Å². The maximum absolute atomic E-state index is 9.30. The molecule has 3 aromatic heterocycles. The van der Waals surface area contributed by atoms with Crippen molar-refractivity contribution in [2.45, 2.75) is 0 Å². The van der Waals surface area contributed by atoms with Crippen molar-refractivity contribution >= 4 is 53.4 Å². The summed E-state index contributed by atoms with van der Waals surface area (Å²) in [6, 6.07) is 25.0. The minimum atomic E-state index is -0.613. The normalized spacial score (nSPS) is 14.7. The Balaban J connectivity index is 1.19. The van der Waals surface area contributed by atoms with E-state index in [4.69, 9.17) is 27.6 Å². The van der Waals surface area contributed by atoms with Crippen LogP contribution in [0, 0.1) is 0 Å². The molecule has 7 aromatic carbocycles. The molecule has 3 heterocycles. The van der Waals surface area contributed by atoms with Crippen molar-refractivity contribution in [2.75, 3.05) is 0 Å². The molecule has 0 unspecified atom stereocenters. The van der Waals surface area contributed by atoms with Crippen LogP contribution in [0.4, 0.5) is 0 Å². The lowest BCUT2D eigenvalue weighted by Crippen LogP contribution is -2.00. The van der Waals surface area contributed by atoms with Gasteiger partial charge in [-0.3, -0.25) is 0 Å². The van der Waals surface area contributed by atoms with Gasteiger partial charge < -0.3 is 4.42 Å². The van der Waals surface area contributed by atoms with Crippen molar-refractivity contribution in [1.29, 1.82) is 0 Å². The Labute approximate surface area is 307 Å². The molecule has 5 heteroatoms. The van der Waals surface area contributed by atoms with Crippen molar-refractivity contribution in [2.24, 2.45) is 0 Å². The van der Waals surface area contributed by atoms with Crippen LogP contribution in [0.5, 0.6) is 0 Å². The summed E-state index contributed by atoms with van der Waals surface area (Å²) in [4.78, 5) is 14.3. The molecular formula is C45H27N3OS. The van der Waals surface area contributed by atoms with Gasteiger partial charge in [0.15, 0.2) is 17.5 Å². The molecule has 10 rings (SSSR count). The summed E-state index contributed by atoms with van der Waals surface area (Å²) in [5.74, 6) is 0.217. The van der Waals surface area contributed by atoms with Crippen LogP contribution in [0.3, 0.4) is 0 Å². The summed E-state index contributed by atoms with van der Waals surface area (Å²) < 4.78 is 104. The topological polar surface area (TPSA) is 51.8 Å². The van der Waals surface area contributed by atoms with E-state index in [0.717, 1.165) is 33.2 Å². The summed E-state index contributed by atoms with van der Waals surface area (Å²) in [5, 5.41) is 1.77. The number of fused-ring (bicyclic) bond motifs is 6. The Kier molecular flexibility index (Phi) is 4.54. The molecule has 0 atom stereocenters. The second-order valence-electron chi connectivity index (χ2n) is 11.6. The third-order valence-electron chi connectivity index (χ3n) is 8.51. The van der Waals surface area contributed by atoms with E-state index in [1.54, 1.807) is 6.07 Å². The fraction of sp³-hybridized carbons (Fsp3) is 0. The molecule has 0 saturated heterocycles. The van der Waals surface area contributed by atoms with Crippen LogP contribution in [0.25, 0.3) is 98.5 Å². The summed E-state index contributed by atoms with van der Waals surface area (Å²) in [6.07, 6.45) is 0. The lowest BCUT2D eigenvalue weighted by molar-refractivity contribution is 0.669. The second-order valence-corrected chi connectivity index (χ2v) is 12.6. The molecule has 0 spiro atoms. The highest BCUT2D eigenvalue weighted by Crippen LogP contribution is 2.37. The first-order valence-electron chi connectivity index (χ1n) is 21.2. The molecule has 0 fully saturated rings. The van der Waals surface area contributed by atoms with Crippen LogP contribution in [-0.4, -0.2) is 15.0 Å². The molecule has 0 saturated carbocycles. The zero-order chi connectivity index (χ0) is 42.6. The van der Waals surface area contributed by atoms with Crippen molar-refractivity contribution in [3.05, 3.63) is 164 Å². The van der Waals surface area contributed by atoms with Gasteiger partial charge >= 0.3 is 0 Å². The van der Waals surface area contributed by atoms with Gasteiger partial charge in [-0.15, -0.1) is 11.3 Å². The van der Waals surface area contributed by atoms with Gasteiger partial charge in [0, 0.05) is 47.6 Å². The van der Waals surface area contributed by atoms with Gasteiger partial charge in [-0.1, -0.05) is 127 Å². The Morgan fingerprint density at radius 3 is 1.86 bits per heavy atom. The van der Waals surface area contributed by atoms with Crippen molar-refractivity contribution in [3.63, 3.8) is 0 Å². The van der Waals surface area contributed by atoms with Crippen LogP contribution in [0.2, 0.25) is 0 Å². The maximum Gasteiger partial charge on any atom is 0.164 e. The smallest absolute Gasteiger partial charge is 0.164 e. The van der Waals surface area contributed by atoms with E-state index < -0.39 is 66.0 Å².